The minimum atomic E-state index is -1.53. The second-order valence-electron chi connectivity index (χ2n) is 16.2. The number of rotatable bonds is 7. The minimum absolute atomic E-state index is 0.110. The fourth-order valence-electron chi connectivity index (χ4n) is 9.50. The van der Waals surface area contributed by atoms with E-state index in [0.29, 0.717) is 30.0 Å². The first-order chi connectivity index (χ1) is 25.7. The fourth-order valence-corrected chi connectivity index (χ4v) is 11.1. The van der Waals surface area contributed by atoms with Gasteiger partial charge in [-0.3, -0.25) is 19.3 Å². The van der Waals surface area contributed by atoms with Crippen LogP contribution in [0.2, 0.25) is 0 Å². The summed E-state index contributed by atoms with van der Waals surface area (Å²) in [6.07, 6.45) is 12.0. The number of nitrogens with zero attached hydrogens (tertiary/aromatic N) is 4. The van der Waals surface area contributed by atoms with Crippen molar-refractivity contribution in [3.05, 3.63) is 71.3 Å². The van der Waals surface area contributed by atoms with E-state index in [2.05, 4.69) is 80.2 Å². The van der Waals surface area contributed by atoms with Crippen LogP contribution in [0.5, 0.6) is 5.75 Å². The number of fused-ring (bicyclic) bond motifs is 3. The Kier molecular flexibility index (Phi) is 12.6. The van der Waals surface area contributed by atoms with Crippen LogP contribution < -0.4 is 14.4 Å². The van der Waals surface area contributed by atoms with Gasteiger partial charge in [-0.25, -0.2) is 8.51 Å². The Morgan fingerprint density at radius 2 is 1.87 bits per heavy atom. The van der Waals surface area contributed by atoms with Crippen molar-refractivity contribution >= 4 is 34.5 Å². The molecule has 3 fully saturated rings. The normalized spacial score (nSPS) is 33.8. The molecule has 0 aromatic heterocycles. The number of anilines is 1. The van der Waals surface area contributed by atoms with Crippen molar-refractivity contribution in [1.29, 1.82) is 0 Å². The van der Waals surface area contributed by atoms with Crippen molar-refractivity contribution < 1.29 is 18.5 Å². The standard InChI is InChI=1S/C42H61N5O4S2/c1-6-10-32-12-7-8-13-37(32)35-25-46-24-34-14-16-38(34)42(50-4,29-44-19-20-45-21-22-47(52-5)27-36(45)26-44)18-9-11-30(2)31(3)53(49)43-41(48)33-15-17-40(51-28-35)39(46)23-33/h7-9,12-13,15,17-18,23,30-31,34-36,38H,6,10-11,14,16,19-22,24-29H2,1-5H3,(H,43,48)/b18-9+. The third-order valence-corrected chi connectivity index (χ3v) is 15.4. The molecule has 0 spiro atoms. The first-order valence-corrected chi connectivity index (χ1v) is 22.4. The quantitative estimate of drug-likeness (QED) is 0.271. The van der Waals surface area contributed by atoms with E-state index >= 15 is 0 Å². The molecule has 4 heterocycles. The Morgan fingerprint density at radius 3 is 2.64 bits per heavy atom. The Hall–Kier alpha value is -2.41. The molecule has 1 N–H and O–H groups in total. The lowest BCUT2D eigenvalue weighted by atomic mass is 9.63. The second-order valence-corrected chi connectivity index (χ2v) is 18.6. The molecule has 2 saturated heterocycles. The van der Waals surface area contributed by atoms with Gasteiger partial charge in [0.2, 0.25) is 0 Å². The van der Waals surface area contributed by atoms with Gasteiger partial charge < -0.3 is 14.4 Å². The van der Waals surface area contributed by atoms with Gasteiger partial charge in [0, 0.05) is 83.5 Å². The zero-order valence-electron chi connectivity index (χ0n) is 32.5. The Balaban J connectivity index is 1.23. The third kappa shape index (κ3) is 8.41. The Morgan fingerprint density at radius 1 is 1.04 bits per heavy atom. The van der Waals surface area contributed by atoms with Crippen LogP contribution in [-0.4, -0.2) is 120 Å². The van der Waals surface area contributed by atoms with Gasteiger partial charge >= 0.3 is 0 Å². The molecule has 5 aliphatic rings. The van der Waals surface area contributed by atoms with Crippen molar-refractivity contribution in [3.63, 3.8) is 0 Å². The van der Waals surface area contributed by atoms with Crippen molar-refractivity contribution in [2.75, 3.05) is 83.8 Å². The van der Waals surface area contributed by atoms with Crippen LogP contribution in [0.3, 0.4) is 0 Å². The molecule has 9 nitrogen and oxygen atoms in total. The first-order valence-electron chi connectivity index (χ1n) is 20.0. The maximum absolute atomic E-state index is 13.6. The van der Waals surface area contributed by atoms with Gasteiger partial charge in [-0.2, -0.15) is 0 Å². The number of nitrogens with one attached hydrogen (secondary N) is 1. The number of hydrogen-bond donors (Lipinski definition) is 1. The number of benzene rings is 2. The summed E-state index contributed by atoms with van der Waals surface area (Å²) in [6.45, 7) is 16.0. The van der Waals surface area contributed by atoms with Crippen LogP contribution in [0, 0.1) is 17.8 Å². The molecular weight excluding hydrogens is 703 g/mol. The van der Waals surface area contributed by atoms with Gasteiger partial charge in [-0.15, -0.1) is 0 Å². The van der Waals surface area contributed by atoms with Crippen LogP contribution in [-0.2, 0) is 22.1 Å². The summed E-state index contributed by atoms with van der Waals surface area (Å²) in [5.74, 6) is 1.55. The van der Waals surface area contributed by atoms with Crippen LogP contribution in [0.15, 0.2) is 54.6 Å². The molecule has 2 bridgehead atoms. The lowest BCUT2D eigenvalue weighted by Crippen LogP contribution is -2.64. The average molecular weight is 764 g/mol. The first kappa shape index (κ1) is 38.8. The van der Waals surface area contributed by atoms with E-state index in [4.69, 9.17) is 9.47 Å². The second kappa shape index (κ2) is 17.2. The van der Waals surface area contributed by atoms with Crippen LogP contribution in [0.1, 0.15) is 73.9 Å². The van der Waals surface area contributed by atoms with E-state index in [-0.39, 0.29) is 23.0 Å². The summed E-state index contributed by atoms with van der Waals surface area (Å²) in [5.41, 5.74) is 3.77. The lowest BCUT2D eigenvalue weighted by molar-refractivity contribution is -0.100. The van der Waals surface area contributed by atoms with Crippen molar-refractivity contribution in [3.8, 4) is 5.75 Å². The minimum Gasteiger partial charge on any atom is -0.491 e. The van der Waals surface area contributed by atoms with Gasteiger partial charge in [0.1, 0.15) is 22.3 Å². The number of allylic oxidation sites excluding steroid dienone is 1. The van der Waals surface area contributed by atoms with Gasteiger partial charge in [0.25, 0.3) is 5.91 Å². The van der Waals surface area contributed by atoms with E-state index in [0.717, 1.165) is 102 Å². The molecule has 290 valence electrons. The predicted molar refractivity (Wildman–Crippen MR) is 218 cm³/mol. The Labute approximate surface area is 324 Å². The molecule has 2 aromatic carbocycles. The summed E-state index contributed by atoms with van der Waals surface area (Å²) < 4.78 is 32.3. The van der Waals surface area contributed by atoms with Crippen molar-refractivity contribution in [2.24, 2.45) is 17.8 Å². The topological polar surface area (TPSA) is 77.6 Å². The largest absolute Gasteiger partial charge is 0.491 e. The van der Waals surface area contributed by atoms with Gasteiger partial charge in [-0.05, 0) is 85.9 Å². The van der Waals surface area contributed by atoms with Crippen LogP contribution in [0.4, 0.5) is 5.69 Å². The molecular formula is C42H61N5O4S2. The molecule has 2 aromatic rings. The molecule has 8 unspecified atom stereocenters. The average Bonchev–Trinajstić information content (AvgIpc) is 3.34. The monoisotopic (exact) mass is 763 g/mol. The summed E-state index contributed by atoms with van der Waals surface area (Å²) in [5, 5.41) is -0.215. The lowest BCUT2D eigenvalue weighted by Gasteiger charge is -2.53. The fraction of sp³-hybridized carbons (Fsp3) is 0.643. The predicted octanol–water partition coefficient (Wildman–Crippen LogP) is 5.99. The van der Waals surface area contributed by atoms with Gasteiger partial charge in [0.05, 0.1) is 17.5 Å². The molecule has 7 rings (SSSR count). The molecule has 1 amide bonds. The number of methoxy groups -OCH3 is 1. The summed E-state index contributed by atoms with van der Waals surface area (Å²) >= 11 is 1.87. The zero-order valence-corrected chi connectivity index (χ0v) is 34.1. The molecule has 1 aliphatic carbocycles. The maximum atomic E-state index is 13.6. The van der Waals surface area contributed by atoms with E-state index in [9.17, 15) is 9.00 Å². The van der Waals surface area contributed by atoms with E-state index in [1.54, 1.807) is 0 Å². The highest BCUT2D eigenvalue weighted by molar-refractivity contribution is 7.96. The van der Waals surface area contributed by atoms with Crippen molar-refractivity contribution in [1.82, 2.24) is 18.8 Å². The SMILES string of the molecule is CCCc1ccccc1C1COc2ccc3cc2N(C1)CC1CCC1C(CN1CCN2CCN(SC)CC2C1)(OC)/C=C/CC(C)C(C)S(=O)NC3=O. The number of ether oxygens (including phenoxy) is 2. The van der Waals surface area contributed by atoms with E-state index in [1.165, 1.54) is 11.1 Å². The molecule has 11 heteroatoms. The van der Waals surface area contributed by atoms with Crippen molar-refractivity contribution in [2.45, 2.75) is 75.7 Å². The highest BCUT2D eigenvalue weighted by atomic mass is 32.2. The third-order valence-electron chi connectivity index (χ3n) is 13.0. The van der Waals surface area contributed by atoms with Crippen LogP contribution in [0.25, 0.3) is 0 Å². The van der Waals surface area contributed by atoms with E-state index < -0.39 is 16.6 Å². The smallest absolute Gasteiger partial charge is 0.263 e. The number of amides is 1. The number of carbonyl (C=O) groups is 1. The number of hydrogen-bond acceptors (Lipinski definition) is 9. The number of piperazine rings is 2. The molecule has 1 saturated carbocycles. The Bertz CT molecular complexity index is 1640. The molecule has 0 radical (unpaired) electrons. The number of aryl methyl sites for hydroxylation is 1. The summed E-state index contributed by atoms with van der Waals surface area (Å²) in [4.78, 5) is 21.5. The highest BCUT2D eigenvalue weighted by Gasteiger charge is 2.49. The van der Waals surface area contributed by atoms with E-state index in [1.807, 2.05) is 44.2 Å². The summed E-state index contributed by atoms with van der Waals surface area (Å²) in [7, 11) is 0.387. The van der Waals surface area contributed by atoms with Crippen LogP contribution >= 0.6 is 11.9 Å². The molecule has 4 aliphatic heterocycles. The highest BCUT2D eigenvalue weighted by Crippen LogP contribution is 2.47. The van der Waals surface area contributed by atoms with Gasteiger partial charge in [-0.1, -0.05) is 68.6 Å². The molecule has 53 heavy (non-hydrogen) atoms. The number of carbonyl (C=O) groups excluding carboxylic acids is 1. The summed E-state index contributed by atoms with van der Waals surface area (Å²) in [6, 6.07) is 15.1. The zero-order chi connectivity index (χ0) is 37.1. The maximum Gasteiger partial charge on any atom is 0.263 e. The van der Waals surface area contributed by atoms with Gasteiger partial charge in [0.15, 0.2) is 0 Å². The molecule has 8 atom stereocenters.